The molecule has 130 valence electrons. The van der Waals surface area contributed by atoms with Crippen LogP contribution in [-0.2, 0) is 9.53 Å². The molecule has 24 heavy (non-hydrogen) atoms. The van der Waals surface area contributed by atoms with Gasteiger partial charge < -0.3 is 14.7 Å². The topological polar surface area (TPSA) is 49.8 Å². The summed E-state index contributed by atoms with van der Waals surface area (Å²) in [4.78, 5) is 15.1. The second kappa shape index (κ2) is 7.49. The van der Waals surface area contributed by atoms with E-state index in [1.807, 2.05) is 30.3 Å². The molecule has 4 nitrogen and oxygen atoms in total. The van der Waals surface area contributed by atoms with Crippen LogP contribution < -0.4 is 0 Å². The molecule has 1 atom stereocenters. The maximum Gasteiger partial charge on any atom is 0.316 e. The molecule has 0 saturated heterocycles. The van der Waals surface area contributed by atoms with Gasteiger partial charge in [-0.3, -0.25) is 4.79 Å². The van der Waals surface area contributed by atoms with Crippen LogP contribution in [0, 0.1) is 0 Å². The van der Waals surface area contributed by atoms with Crippen LogP contribution in [0.3, 0.4) is 0 Å². The molecule has 3 rings (SSSR count). The Bertz CT molecular complexity index is 590. The standard InChI is InChI=1S/C20H27NO3/c1-21-13-9-16(10-14-21)15-24-19(22)18(17-7-3-2-4-8-17)20(23)11-5-6-12-20/h2-4,7-9,18,23H,5-6,10-15H2,1H3. The molecule has 0 spiro atoms. The van der Waals surface area contributed by atoms with Gasteiger partial charge in [0.15, 0.2) is 0 Å². The normalized spacial score (nSPS) is 22.0. The van der Waals surface area contributed by atoms with E-state index in [2.05, 4.69) is 18.0 Å². The van der Waals surface area contributed by atoms with Crippen molar-refractivity contribution in [2.45, 2.75) is 43.6 Å². The Morgan fingerprint density at radius 2 is 2.00 bits per heavy atom. The van der Waals surface area contributed by atoms with Crippen molar-refractivity contribution in [2.24, 2.45) is 0 Å². The SMILES string of the molecule is CN1CC=C(COC(=O)C(c2ccccc2)C2(O)CCCC2)CC1. The number of aliphatic hydroxyl groups is 1. The largest absolute Gasteiger partial charge is 0.461 e. The first kappa shape index (κ1) is 17.2. The number of hydrogen-bond donors (Lipinski definition) is 1. The summed E-state index contributed by atoms with van der Waals surface area (Å²) < 4.78 is 5.63. The summed E-state index contributed by atoms with van der Waals surface area (Å²) in [7, 11) is 2.08. The zero-order chi connectivity index (χ0) is 17.0. The van der Waals surface area contributed by atoms with Crippen LogP contribution >= 0.6 is 0 Å². The lowest BCUT2D eigenvalue weighted by molar-refractivity contribution is -0.151. The molecule has 1 unspecified atom stereocenters. The van der Waals surface area contributed by atoms with Gasteiger partial charge in [0, 0.05) is 13.1 Å². The van der Waals surface area contributed by atoms with Crippen molar-refractivity contribution in [1.82, 2.24) is 4.90 Å². The number of benzene rings is 1. The molecule has 1 heterocycles. The van der Waals surface area contributed by atoms with Crippen LogP contribution in [0.5, 0.6) is 0 Å². The Morgan fingerprint density at radius 1 is 1.29 bits per heavy atom. The summed E-state index contributed by atoms with van der Waals surface area (Å²) in [6, 6.07) is 9.57. The van der Waals surface area contributed by atoms with Crippen LogP contribution in [0.15, 0.2) is 42.0 Å². The van der Waals surface area contributed by atoms with Gasteiger partial charge in [0.25, 0.3) is 0 Å². The molecule has 0 radical (unpaired) electrons. The van der Waals surface area contributed by atoms with Crippen molar-refractivity contribution in [2.75, 3.05) is 26.7 Å². The van der Waals surface area contributed by atoms with Crippen LogP contribution in [0.25, 0.3) is 0 Å². The van der Waals surface area contributed by atoms with Crippen molar-refractivity contribution < 1.29 is 14.6 Å². The minimum absolute atomic E-state index is 0.301. The fourth-order valence-electron chi connectivity index (χ4n) is 3.78. The Kier molecular flexibility index (Phi) is 5.36. The Balaban J connectivity index is 1.72. The van der Waals surface area contributed by atoms with E-state index < -0.39 is 11.5 Å². The molecule has 1 aromatic rings. The molecule has 1 aliphatic heterocycles. The van der Waals surface area contributed by atoms with Crippen LogP contribution in [-0.4, -0.2) is 48.3 Å². The highest BCUT2D eigenvalue weighted by atomic mass is 16.5. The third-order valence-corrected chi connectivity index (χ3v) is 5.28. The van der Waals surface area contributed by atoms with E-state index in [1.54, 1.807) is 0 Å². The van der Waals surface area contributed by atoms with Gasteiger partial charge in [-0.05, 0) is 37.4 Å². The zero-order valence-corrected chi connectivity index (χ0v) is 14.4. The van der Waals surface area contributed by atoms with Crippen LogP contribution in [0.2, 0.25) is 0 Å². The van der Waals surface area contributed by atoms with Gasteiger partial charge in [-0.1, -0.05) is 49.2 Å². The summed E-state index contributed by atoms with van der Waals surface area (Å²) in [5.41, 5.74) is 1.05. The average molecular weight is 329 g/mol. The van der Waals surface area contributed by atoms with Gasteiger partial charge in [0.2, 0.25) is 0 Å². The van der Waals surface area contributed by atoms with E-state index in [1.165, 1.54) is 5.57 Å². The van der Waals surface area contributed by atoms with E-state index in [4.69, 9.17) is 4.74 Å². The molecular weight excluding hydrogens is 302 g/mol. The smallest absolute Gasteiger partial charge is 0.316 e. The molecule has 1 saturated carbocycles. The summed E-state index contributed by atoms with van der Waals surface area (Å²) in [5, 5.41) is 11.0. The lowest BCUT2D eigenvalue weighted by Crippen LogP contribution is -2.39. The van der Waals surface area contributed by atoms with Gasteiger partial charge in [0.05, 0.1) is 5.60 Å². The number of likely N-dealkylation sites (N-methyl/N-ethyl adjacent to an activating group) is 1. The highest BCUT2D eigenvalue weighted by Gasteiger charge is 2.45. The maximum absolute atomic E-state index is 12.8. The molecular formula is C20H27NO3. The minimum Gasteiger partial charge on any atom is -0.461 e. The molecule has 0 amide bonds. The fraction of sp³-hybridized carbons (Fsp3) is 0.550. The Morgan fingerprint density at radius 3 is 2.62 bits per heavy atom. The highest BCUT2D eigenvalue weighted by Crippen LogP contribution is 2.42. The number of nitrogens with zero attached hydrogens (tertiary/aromatic N) is 1. The first-order valence-electron chi connectivity index (χ1n) is 8.89. The van der Waals surface area contributed by atoms with Gasteiger partial charge in [-0.15, -0.1) is 0 Å². The second-order valence-corrected chi connectivity index (χ2v) is 7.14. The first-order valence-corrected chi connectivity index (χ1v) is 8.89. The van der Waals surface area contributed by atoms with Gasteiger partial charge in [-0.25, -0.2) is 0 Å². The Labute approximate surface area is 144 Å². The number of hydrogen-bond acceptors (Lipinski definition) is 4. The average Bonchev–Trinajstić information content (AvgIpc) is 3.02. The number of carbonyl (C=O) groups excluding carboxylic acids is 1. The van der Waals surface area contributed by atoms with Crippen LogP contribution in [0.4, 0.5) is 0 Å². The van der Waals surface area contributed by atoms with E-state index in [0.29, 0.717) is 19.4 Å². The highest BCUT2D eigenvalue weighted by molar-refractivity contribution is 5.80. The van der Waals surface area contributed by atoms with Crippen LogP contribution in [0.1, 0.15) is 43.6 Å². The van der Waals surface area contributed by atoms with Crippen molar-refractivity contribution in [3.05, 3.63) is 47.5 Å². The number of esters is 1. The summed E-state index contributed by atoms with van der Waals surface area (Å²) in [6.45, 7) is 2.24. The summed E-state index contributed by atoms with van der Waals surface area (Å²) in [5.74, 6) is -0.890. The van der Waals surface area contributed by atoms with E-state index in [-0.39, 0.29) is 5.97 Å². The van der Waals surface area contributed by atoms with E-state index in [9.17, 15) is 9.90 Å². The maximum atomic E-state index is 12.8. The minimum atomic E-state index is -0.973. The van der Waals surface area contributed by atoms with Gasteiger partial charge in [0.1, 0.15) is 12.5 Å². The zero-order valence-electron chi connectivity index (χ0n) is 14.4. The molecule has 1 fully saturated rings. The monoisotopic (exact) mass is 329 g/mol. The molecule has 2 aliphatic rings. The van der Waals surface area contributed by atoms with E-state index in [0.717, 1.165) is 37.9 Å². The number of ether oxygens (including phenoxy) is 1. The molecule has 1 N–H and O–H groups in total. The number of carbonyl (C=O) groups is 1. The Hall–Kier alpha value is -1.65. The molecule has 4 heteroatoms. The second-order valence-electron chi connectivity index (χ2n) is 7.14. The first-order chi connectivity index (χ1) is 11.6. The molecule has 0 bridgehead atoms. The third-order valence-electron chi connectivity index (χ3n) is 5.28. The summed E-state index contributed by atoms with van der Waals surface area (Å²) in [6.07, 6.45) is 6.32. The van der Waals surface area contributed by atoms with Crippen molar-refractivity contribution >= 4 is 5.97 Å². The summed E-state index contributed by atoms with van der Waals surface area (Å²) >= 11 is 0. The van der Waals surface area contributed by atoms with Crippen molar-refractivity contribution in [1.29, 1.82) is 0 Å². The molecule has 1 aliphatic carbocycles. The molecule has 0 aromatic heterocycles. The van der Waals surface area contributed by atoms with E-state index >= 15 is 0 Å². The van der Waals surface area contributed by atoms with Gasteiger partial charge >= 0.3 is 5.97 Å². The number of rotatable bonds is 5. The predicted octanol–water partition coefficient (Wildman–Crippen LogP) is 2.88. The lowest BCUT2D eigenvalue weighted by Gasteiger charge is -2.31. The third kappa shape index (κ3) is 3.87. The lowest BCUT2D eigenvalue weighted by atomic mass is 9.81. The molecule has 1 aromatic carbocycles. The fourth-order valence-corrected chi connectivity index (χ4v) is 3.78. The van der Waals surface area contributed by atoms with Gasteiger partial charge in [-0.2, -0.15) is 0 Å². The quantitative estimate of drug-likeness (QED) is 0.667. The predicted molar refractivity (Wildman–Crippen MR) is 93.8 cm³/mol. The van der Waals surface area contributed by atoms with Crippen molar-refractivity contribution in [3.8, 4) is 0 Å². The van der Waals surface area contributed by atoms with Crippen molar-refractivity contribution in [3.63, 3.8) is 0 Å².